The Morgan fingerprint density at radius 2 is 2.12 bits per heavy atom. The molecule has 0 aliphatic carbocycles. The minimum atomic E-state index is -0.536. The Morgan fingerprint density at radius 3 is 2.84 bits per heavy atom. The van der Waals surface area contributed by atoms with Crippen LogP contribution in [0.3, 0.4) is 0 Å². The van der Waals surface area contributed by atoms with Gasteiger partial charge in [0.25, 0.3) is 5.91 Å². The number of carbonyl (C=O) groups is 1. The third kappa shape index (κ3) is 3.51. The van der Waals surface area contributed by atoms with Crippen LogP contribution in [0.15, 0.2) is 52.7 Å². The number of primary amides is 1. The first-order chi connectivity index (χ1) is 12.0. The van der Waals surface area contributed by atoms with Crippen molar-refractivity contribution in [2.24, 2.45) is 10.7 Å². The highest BCUT2D eigenvalue weighted by Crippen LogP contribution is 2.34. The summed E-state index contributed by atoms with van der Waals surface area (Å²) in [5.41, 5.74) is 10.0. The van der Waals surface area contributed by atoms with Crippen LogP contribution in [0.25, 0.3) is 0 Å². The van der Waals surface area contributed by atoms with E-state index in [9.17, 15) is 4.79 Å². The summed E-state index contributed by atoms with van der Waals surface area (Å²) in [4.78, 5) is 16.4. The summed E-state index contributed by atoms with van der Waals surface area (Å²) in [6.45, 7) is 1.91. The normalized spacial score (nSPS) is 13.2. The van der Waals surface area contributed by atoms with E-state index in [1.54, 1.807) is 7.11 Å². The average molecular weight is 356 g/mol. The van der Waals surface area contributed by atoms with Gasteiger partial charge in [-0.15, -0.1) is 0 Å². The van der Waals surface area contributed by atoms with E-state index >= 15 is 0 Å². The minimum absolute atomic E-state index is 0.342. The lowest BCUT2D eigenvalue weighted by Crippen LogP contribution is -2.20. The first kappa shape index (κ1) is 17.0. The van der Waals surface area contributed by atoms with E-state index in [-0.39, 0.29) is 0 Å². The highest BCUT2D eigenvalue weighted by atomic mass is 35.5. The SMILES string of the molecule is COc1cccc(NC2=C(C(N)=O)C=Nc3c(ccc(Cl)c3C)C2)c1. The molecule has 1 aliphatic heterocycles. The molecule has 0 radical (unpaired) electrons. The Hall–Kier alpha value is -2.79. The molecule has 0 spiro atoms. The molecular weight excluding hydrogens is 338 g/mol. The fourth-order valence-electron chi connectivity index (χ4n) is 2.75. The van der Waals surface area contributed by atoms with E-state index in [2.05, 4.69) is 10.3 Å². The molecule has 5 nitrogen and oxygen atoms in total. The van der Waals surface area contributed by atoms with Crippen molar-refractivity contribution >= 4 is 35.1 Å². The van der Waals surface area contributed by atoms with Gasteiger partial charge in [-0.25, -0.2) is 0 Å². The predicted octanol–water partition coefficient (Wildman–Crippen LogP) is 3.77. The Bertz CT molecular complexity index is 904. The molecule has 25 heavy (non-hydrogen) atoms. The number of nitrogens with zero attached hydrogens (tertiary/aromatic N) is 1. The monoisotopic (exact) mass is 355 g/mol. The second-order valence-electron chi connectivity index (χ2n) is 5.73. The highest BCUT2D eigenvalue weighted by Gasteiger charge is 2.19. The molecule has 1 aliphatic rings. The van der Waals surface area contributed by atoms with Crippen LogP contribution in [0.1, 0.15) is 11.1 Å². The molecule has 2 aromatic rings. The van der Waals surface area contributed by atoms with E-state index < -0.39 is 5.91 Å². The summed E-state index contributed by atoms with van der Waals surface area (Å²) in [5, 5.41) is 3.92. The summed E-state index contributed by atoms with van der Waals surface area (Å²) < 4.78 is 5.24. The lowest BCUT2D eigenvalue weighted by Gasteiger charge is -2.14. The topological polar surface area (TPSA) is 76.7 Å². The molecular formula is C19H18ClN3O2. The maximum absolute atomic E-state index is 11.9. The van der Waals surface area contributed by atoms with Crippen LogP contribution < -0.4 is 15.8 Å². The molecule has 0 atom stereocenters. The van der Waals surface area contributed by atoms with Crippen molar-refractivity contribution in [1.29, 1.82) is 0 Å². The number of amides is 1. The maximum atomic E-state index is 11.9. The number of allylic oxidation sites excluding steroid dienone is 1. The van der Waals surface area contributed by atoms with Crippen molar-refractivity contribution in [2.45, 2.75) is 13.3 Å². The van der Waals surface area contributed by atoms with Gasteiger partial charge in [0, 0.05) is 35.1 Å². The molecule has 0 unspecified atom stereocenters. The van der Waals surface area contributed by atoms with Crippen molar-refractivity contribution in [1.82, 2.24) is 0 Å². The Morgan fingerprint density at radius 1 is 1.32 bits per heavy atom. The van der Waals surface area contributed by atoms with Gasteiger partial charge in [0.05, 0.1) is 18.4 Å². The molecule has 0 saturated heterocycles. The quantitative estimate of drug-likeness (QED) is 0.876. The zero-order chi connectivity index (χ0) is 18.0. The molecule has 0 saturated carbocycles. The Labute approximate surface area is 151 Å². The maximum Gasteiger partial charge on any atom is 0.252 e. The summed E-state index contributed by atoms with van der Waals surface area (Å²) in [7, 11) is 1.61. The number of fused-ring (bicyclic) bond motifs is 1. The molecule has 3 rings (SSSR count). The molecule has 128 valence electrons. The van der Waals surface area contributed by atoms with Gasteiger partial charge in [0.1, 0.15) is 5.75 Å². The van der Waals surface area contributed by atoms with Crippen molar-refractivity contribution in [3.05, 3.63) is 63.8 Å². The number of halogens is 1. The molecule has 0 aromatic heterocycles. The number of benzene rings is 2. The number of hydrogen-bond donors (Lipinski definition) is 2. The molecule has 3 N–H and O–H groups in total. The number of ether oxygens (including phenoxy) is 1. The Kier molecular flexibility index (Phi) is 4.76. The number of nitrogens with one attached hydrogen (secondary N) is 1. The van der Waals surface area contributed by atoms with Crippen molar-refractivity contribution in [3.63, 3.8) is 0 Å². The van der Waals surface area contributed by atoms with Crippen LogP contribution in [-0.2, 0) is 11.2 Å². The van der Waals surface area contributed by atoms with Crippen molar-refractivity contribution in [2.75, 3.05) is 12.4 Å². The fraction of sp³-hybridized carbons (Fsp3) is 0.158. The summed E-state index contributed by atoms with van der Waals surface area (Å²) in [5.74, 6) is 0.183. The van der Waals surface area contributed by atoms with Crippen LogP contribution in [0.4, 0.5) is 11.4 Å². The smallest absolute Gasteiger partial charge is 0.252 e. The first-order valence-electron chi connectivity index (χ1n) is 7.75. The van der Waals surface area contributed by atoms with Crippen molar-refractivity contribution in [3.8, 4) is 5.75 Å². The molecule has 1 heterocycles. The Balaban J connectivity index is 2.03. The lowest BCUT2D eigenvalue weighted by molar-refractivity contribution is -0.114. The van der Waals surface area contributed by atoms with Crippen molar-refractivity contribution < 1.29 is 9.53 Å². The number of rotatable bonds is 4. The summed E-state index contributed by atoms with van der Waals surface area (Å²) >= 11 is 6.19. The molecule has 0 bridgehead atoms. The van der Waals surface area contributed by atoms with Gasteiger partial charge >= 0.3 is 0 Å². The number of methoxy groups -OCH3 is 1. The highest BCUT2D eigenvalue weighted by molar-refractivity contribution is 6.31. The van der Waals surface area contributed by atoms with Crippen LogP contribution in [0.5, 0.6) is 5.75 Å². The number of anilines is 1. The van der Waals surface area contributed by atoms with Crippen LogP contribution in [-0.4, -0.2) is 19.2 Å². The first-order valence-corrected chi connectivity index (χ1v) is 8.13. The van der Waals surface area contributed by atoms with Gasteiger partial charge in [0.2, 0.25) is 0 Å². The van der Waals surface area contributed by atoms with E-state index in [0.717, 1.165) is 28.3 Å². The van der Waals surface area contributed by atoms with E-state index in [4.69, 9.17) is 22.1 Å². The zero-order valence-corrected chi connectivity index (χ0v) is 14.7. The second-order valence-corrected chi connectivity index (χ2v) is 6.14. The number of nitrogens with two attached hydrogens (primary N) is 1. The van der Waals surface area contributed by atoms with Crippen LogP contribution >= 0.6 is 11.6 Å². The van der Waals surface area contributed by atoms with E-state index in [0.29, 0.717) is 22.7 Å². The molecule has 0 fully saturated rings. The van der Waals surface area contributed by atoms with E-state index in [1.807, 2.05) is 43.3 Å². The average Bonchev–Trinajstić information content (AvgIpc) is 2.78. The van der Waals surface area contributed by atoms with Gasteiger partial charge in [-0.3, -0.25) is 9.79 Å². The number of hydrogen-bond acceptors (Lipinski definition) is 4. The zero-order valence-electron chi connectivity index (χ0n) is 14.0. The third-order valence-corrected chi connectivity index (χ3v) is 4.50. The van der Waals surface area contributed by atoms with Gasteiger partial charge in [0.15, 0.2) is 0 Å². The molecule has 6 heteroatoms. The standard InChI is InChI=1S/C19H18ClN3O2/c1-11-16(20)7-6-12-8-17(15(19(21)24)10-22-18(11)12)23-13-4-3-5-14(9-13)25-2/h3-7,9-10,23H,8H2,1-2H3,(H2,21,24). The lowest BCUT2D eigenvalue weighted by atomic mass is 10.0. The van der Waals surface area contributed by atoms with Gasteiger partial charge in [-0.2, -0.15) is 0 Å². The minimum Gasteiger partial charge on any atom is -0.497 e. The molecule has 1 amide bonds. The van der Waals surface area contributed by atoms with Crippen LogP contribution in [0, 0.1) is 6.92 Å². The number of aliphatic imine (C=N–C) groups is 1. The van der Waals surface area contributed by atoms with E-state index in [1.165, 1.54) is 6.21 Å². The largest absolute Gasteiger partial charge is 0.497 e. The van der Waals surface area contributed by atoms with Gasteiger partial charge in [-0.1, -0.05) is 23.7 Å². The van der Waals surface area contributed by atoms with Gasteiger partial charge in [-0.05, 0) is 36.2 Å². The second kappa shape index (κ2) is 6.99. The number of carbonyl (C=O) groups excluding carboxylic acids is 1. The van der Waals surface area contributed by atoms with Gasteiger partial charge < -0.3 is 15.8 Å². The van der Waals surface area contributed by atoms with Crippen LogP contribution in [0.2, 0.25) is 5.02 Å². The summed E-state index contributed by atoms with van der Waals surface area (Å²) in [6, 6.07) is 11.2. The third-order valence-electron chi connectivity index (χ3n) is 4.09. The predicted molar refractivity (Wildman–Crippen MR) is 101 cm³/mol. The summed E-state index contributed by atoms with van der Waals surface area (Å²) in [6.07, 6.45) is 1.99. The fourth-order valence-corrected chi connectivity index (χ4v) is 2.90. The molecule has 2 aromatic carbocycles.